The van der Waals surface area contributed by atoms with E-state index in [9.17, 15) is 4.79 Å². The van der Waals surface area contributed by atoms with Crippen LogP contribution in [0.15, 0.2) is 104 Å². The summed E-state index contributed by atoms with van der Waals surface area (Å²) in [5, 5.41) is 7.53. The molecule has 6 nitrogen and oxygen atoms in total. The summed E-state index contributed by atoms with van der Waals surface area (Å²) in [6.45, 7) is 6.88. The summed E-state index contributed by atoms with van der Waals surface area (Å²) >= 11 is 0. The molecule has 0 spiro atoms. The fourth-order valence-corrected chi connectivity index (χ4v) is 4.19. The van der Waals surface area contributed by atoms with E-state index in [4.69, 9.17) is 4.74 Å². The number of ether oxygens (including phenoxy) is 1. The molecule has 0 aliphatic carbocycles. The Bertz CT molecular complexity index is 1560. The quantitative estimate of drug-likeness (QED) is 0.239. The molecular formula is C32H30N4O2. The molecule has 0 atom stereocenters. The van der Waals surface area contributed by atoms with Crippen molar-refractivity contribution in [3.63, 3.8) is 0 Å². The summed E-state index contributed by atoms with van der Waals surface area (Å²) in [4.78, 5) is 17.6. The van der Waals surface area contributed by atoms with Crippen molar-refractivity contribution in [3.8, 4) is 22.8 Å². The predicted molar refractivity (Wildman–Crippen MR) is 151 cm³/mol. The van der Waals surface area contributed by atoms with Gasteiger partial charge in [-0.3, -0.25) is 9.48 Å². The fourth-order valence-electron chi connectivity index (χ4n) is 4.19. The maximum absolute atomic E-state index is 13.1. The van der Waals surface area contributed by atoms with Gasteiger partial charge in [-0.05, 0) is 65.9 Å². The van der Waals surface area contributed by atoms with Crippen LogP contribution in [0, 0.1) is 6.92 Å². The molecule has 38 heavy (non-hydrogen) atoms. The SMILES string of the molecule is Cc1ccc(C(=O)Nc2cccc(C(C)C)c2)cc1Oc1ncccc1-c1cnn(Cc2ccccc2)c1. The number of nitrogens with one attached hydrogen (secondary N) is 1. The second-order valence-electron chi connectivity index (χ2n) is 9.58. The molecule has 190 valence electrons. The number of aryl methyl sites for hydroxylation is 1. The van der Waals surface area contributed by atoms with E-state index in [1.165, 1.54) is 11.1 Å². The lowest BCUT2D eigenvalue weighted by atomic mass is 10.0. The zero-order valence-corrected chi connectivity index (χ0v) is 21.8. The Morgan fingerprint density at radius 3 is 2.63 bits per heavy atom. The molecular weight excluding hydrogens is 472 g/mol. The van der Waals surface area contributed by atoms with Crippen molar-refractivity contribution in [1.82, 2.24) is 14.8 Å². The maximum Gasteiger partial charge on any atom is 0.255 e. The monoisotopic (exact) mass is 502 g/mol. The Morgan fingerprint density at radius 1 is 0.974 bits per heavy atom. The third kappa shape index (κ3) is 5.81. The van der Waals surface area contributed by atoms with E-state index < -0.39 is 0 Å². The number of hydrogen-bond donors (Lipinski definition) is 1. The Labute approximate surface area is 223 Å². The van der Waals surface area contributed by atoms with Gasteiger partial charge >= 0.3 is 0 Å². The minimum atomic E-state index is -0.195. The van der Waals surface area contributed by atoms with Gasteiger partial charge in [0.25, 0.3) is 5.91 Å². The van der Waals surface area contributed by atoms with Gasteiger partial charge in [-0.2, -0.15) is 5.10 Å². The van der Waals surface area contributed by atoms with E-state index in [2.05, 4.69) is 47.4 Å². The first-order valence-electron chi connectivity index (χ1n) is 12.7. The van der Waals surface area contributed by atoms with Crippen LogP contribution in [0.2, 0.25) is 0 Å². The average Bonchev–Trinajstić information content (AvgIpc) is 3.39. The zero-order valence-electron chi connectivity index (χ0n) is 21.8. The van der Waals surface area contributed by atoms with E-state index in [1.54, 1.807) is 18.3 Å². The van der Waals surface area contributed by atoms with Crippen LogP contribution in [0.5, 0.6) is 11.6 Å². The Balaban J connectivity index is 1.36. The molecule has 0 radical (unpaired) electrons. The lowest BCUT2D eigenvalue weighted by Crippen LogP contribution is -2.12. The average molecular weight is 503 g/mol. The third-order valence-corrected chi connectivity index (χ3v) is 6.37. The number of anilines is 1. The van der Waals surface area contributed by atoms with Crippen LogP contribution in [-0.2, 0) is 6.54 Å². The van der Waals surface area contributed by atoms with Gasteiger partial charge in [-0.15, -0.1) is 0 Å². The number of amides is 1. The molecule has 5 rings (SSSR count). The molecule has 6 heteroatoms. The molecule has 0 saturated heterocycles. The van der Waals surface area contributed by atoms with Crippen LogP contribution in [0.4, 0.5) is 5.69 Å². The molecule has 2 aromatic heterocycles. The van der Waals surface area contributed by atoms with E-state index in [0.717, 1.165) is 22.4 Å². The standard InChI is InChI=1S/C32H30N4O2/c1-22(2)25-11-7-12-28(17-25)35-31(37)26-15-14-23(3)30(18-26)38-32-29(13-8-16-33-32)27-19-34-36(21-27)20-24-9-5-4-6-10-24/h4-19,21-22H,20H2,1-3H3,(H,35,37). The molecule has 0 saturated carbocycles. The number of carbonyl (C=O) groups excluding carboxylic acids is 1. The molecule has 5 aromatic rings. The second kappa shape index (κ2) is 11.1. The van der Waals surface area contributed by atoms with Gasteiger partial charge < -0.3 is 10.1 Å². The molecule has 0 aliphatic heterocycles. The fraction of sp³-hybridized carbons (Fsp3) is 0.156. The van der Waals surface area contributed by atoms with Gasteiger partial charge in [-0.25, -0.2) is 4.98 Å². The van der Waals surface area contributed by atoms with Gasteiger partial charge in [0.15, 0.2) is 0 Å². The van der Waals surface area contributed by atoms with E-state index >= 15 is 0 Å². The summed E-state index contributed by atoms with van der Waals surface area (Å²) in [7, 11) is 0. The minimum Gasteiger partial charge on any atom is -0.438 e. The van der Waals surface area contributed by atoms with Crippen molar-refractivity contribution in [3.05, 3.63) is 126 Å². The first kappa shape index (κ1) is 25.0. The highest BCUT2D eigenvalue weighted by molar-refractivity contribution is 6.04. The van der Waals surface area contributed by atoms with Gasteiger partial charge in [0.2, 0.25) is 5.88 Å². The summed E-state index contributed by atoms with van der Waals surface area (Å²) in [6.07, 6.45) is 5.49. The lowest BCUT2D eigenvalue weighted by molar-refractivity contribution is 0.102. The summed E-state index contributed by atoms with van der Waals surface area (Å²) in [5.74, 6) is 1.21. The van der Waals surface area contributed by atoms with Crippen molar-refractivity contribution in [1.29, 1.82) is 0 Å². The summed E-state index contributed by atoms with van der Waals surface area (Å²) < 4.78 is 8.18. The first-order chi connectivity index (χ1) is 18.5. The van der Waals surface area contributed by atoms with Crippen LogP contribution in [0.1, 0.15) is 46.8 Å². The number of benzene rings is 3. The van der Waals surface area contributed by atoms with E-state index in [-0.39, 0.29) is 5.91 Å². The van der Waals surface area contributed by atoms with Crippen molar-refractivity contribution in [2.75, 3.05) is 5.32 Å². The minimum absolute atomic E-state index is 0.195. The van der Waals surface area contributed by atoms with E-state index in [0.29, 0.717) is 29.7 Å². The zero-order chi connectivity index (χ0) is 26.5. The normalized spacial score (nSPS) is 10.9. The highest BCUT2D eigenvalue weighted by atomic mass is 16.5. The van der Waals surface area contributed by atoms with Crippen molar-refractivity contribution in [2.45, 2.75) is 33.2 Å². The molecule has 1 amide bonds. The molecule has 0 fully saturated rings. The van der Waals surface area contributed by atoms with Gasteiger partial charge in [0.05, 0.1) is 12.7 Å². The van der Waals surface area contributed by atoms with Crippen LogP contribution >= 0.6 is 0 Å². The Hall–Kier alpha value is -4.71. The Morgan fingerprint density at radius 2 is 1.82 bits per heavy atom. The molecule has 0 aliphatic rings. The highest BCUT2D eigenvalue weighted by Crippen LogP contribution is 2.33. The molecule has 0 bridgehead atoms. The summed E-state index contributed by atoms with van der Waals surface area (Å²) in [5.41, 5.74) is 6.25. The highest BCUT2D eigenvalue weighted by Gasteiger charge is 2.15. The topological polar surface area (TPSA) is 69.0 Å². The van der Waals surface area contributed by atoms with Crippen LogP contribution in [0.3, 0.4) is 0 Å². The van der Waals surface area contributed by atoms with Crippen LogP contribution in [-0.4, -0.2) is 20.7 Å². The Kier molecular flexibility index (Phi) is 7.31. The lowest BCUT2D eigenvalue weighted by Gasteiger charge is -2.13. The van der Waals surface area contributed by atoms with Gasteiger partial charge in [0, 0.05) is 34.8 Å². The second-order valence-corrected chi connectivity index (χ2v) is 9.58. The number of carbonyl (C=O) groups is 1. The largest absolute Gasteiger partial charge is 0.438 e. The van der Waals surface area contributed by atoms with Crippen LogP contribution in [0.25, 0.3) is 11.1 Å². The number of pyridine rings is 1. The number of nitrogens with zero attached hydrogens (tertiary/aromatic N) is 3. The van der Waals surface area contributed by atoms with Crippen molar-refractivity contribution in [2.24, 2.45) is 0 Å². The number of rotatable bonds is 8. The smallest absolute Gasteiger partial charge is 0.255 e. The van der Waals surface area contributed by atoms with E-state index in [1.807, 2.05) is 78.6 Å². The van der Waals surface area contributed by atoms with Crippen molar-refractivity contribution >= 4 is 11.6 Å². The number of hydrogen-bond acceptors (Lipinski definition) is 4. The first-order valence-corrected chi connectivity index (χ1v) is 12.7. The molecule has 2 heterocycles. The van der Waals surface area contributed by atoms with Crippen molar-refractivity contribution < 1.29 is 9.53 Å². The third-order valence-electron chi connectivity index (χ3n) is 6.37. The molecule has 1 N–H and O–H groups in total. The van der Waals surface area contributed by atoms with Gasteiger partial charge in [-0.1, -0.05) is 62.4 Å². The van der Waals surface area contributed by atoms with Gasteiger partial charge in [0.1, 0.15) is 5.75 Å². The molecule has 3 aromatic carbocycles. The number of aromatic nitrogens is 3. The van der Waals surface area contributed by atoms with Crippen LogP contribution < -0.4 is 10.1 Å². The maximum atomic E-state index is 13.1. The summed E-state index contributed by atoms with van der Waals surface area (Å²) in [6, 6.07) is 27.4. The predicted octanol–water partition coefficient (Wildman–Crippen LogP) is 7.47. The molecule has 0 unspecified atom stereocenters.